The Kier molecular flexibility index (Phi) is 9.79. The van der Waals surface area contributed by atoms with Crippen molar-refractivity contribution in [1.82, 2.24) is 15.2 Å². The van der Waals surface area contributed by atoms with Gasteiger partial charge in [-0.3, -0.25) is 14.4 Å². The van der Waals surface area contributed by atoms with Gasteiger partial charge < -0.3 is 20.1 Å². The number of benzene rings is 1. The lowest BCUT2D eigenvalue weighted by Gasteiger charge is -2.33. The molecular weight excluding hydrogens is 494 g/mol. The van der Waals surface area contributed by atoms with Crippen LogP contribution in [0.5, 0.6) is 0 Å². The summed E-state index contributed by atoms with van der Waals surface area (Å²) in [5.41, 5.74) is 0.833. The number of carboxylic acid groups (broad SMARTS) is 1. The first kappa shape index (κ1) is 28.3. The van der Waals surface area contributed by atoms with E-state index in [1.54, 1.807) is 36.2 Å². The number of esters is 1. The number of aliphatic carboxylic acids is 1. The van der Waals surface area contributed by atoms with Gasteiger partial charge in [0.15, 0.2) is 6.10 Å². The minimum Gasteiger partial charge on any atom is -0.480 e. The molecule has 0 bridgehead atoms. The number of ether oxygens (including phenoxy) is 1. The number of hydrogen-bond acceptors (Lipinski definition) is 7. The molecule has 1 fully saturated rings. The molecule has 0 spiro atoms. The number of hydrogen-bond donors (Lipinski definition) is 2. The van der Waals surface area contributed by atoms with Crippen molar-refractivity contribution in [2.24, 2.45) is 11.8 Å². The molecule has 1 saturated carbocycles. The van der Waals surface area contributed by atoms with Crippen molar-refractivity contribution in [1.29, 1.82) is 0 Å². The molecule has 1 aliphatic rings. The Morgan fingerprint density at radius 3 is 2.43 bits per heavy atom. The lowest BCUT2D eigenvalue weighted by atomic mass is 9.96. The topological polar surface area (TPSA) is 126 Å². The molecule has 0 aliphatic heterocycles. The Morgan fingerprint density at radius 1 is 1.19 bits per heavy atom. The van der Waals surface area contributed by atoms with Gasteiger partial charge in [0.25, 0.3) is 5.91 Å². The van der Waals surface area contributed by atoms with E-state index in [1.165, 1.54) is 12.3 Å². The molecule has 1 aliphatic carbocycles. The Morgan fingerprint density at radius 2 is 1.86 bits per heavy atom. The molecule has 0 radical (unpaired) electrons. The summed E-state index contributed by atoms with van der Waals surface area (Å²) in [6, 6.07) is 7.71. The first-order valence-electron chi connectivity index (χ1n) is 12.5. The summed E-state index contributed by atoms with van der Waals surface area (Å²) in [5, 5.41) is 14.1. The van der Waals surface area contributed by atoms with Crippen LogP contribution in [0.3, 0.4) is 0 Å². The molecule has 200 valence electrons. The van der Waals surface area contributed by atoms with Crippen LogP contribution < -0.4 is 5.32 Å². The van der Waals surface area contributed by atoms with Gasteiger partial charge in [0.2, 0.25) is 5.91 Å². The largest absolute Gasteiger partial charge is 0.480 e. The zero-order valence-electron chi connectivity index (χ0n) is 21.7. The maximum absolute atomic E-state index is 12.9. The van der Waals surface area contributed by atoms with E-state index in [9.17, 15) is 24.3 Å². The number of carbonyl (C=O) groups excluding carboxylic acids is 3. The quantitative estimate of drug-likeness (QED) is 0.378. The van der Waals surface area contributed by atoms with Gasteiger partial charge in [-0.25, -0.2) is 9.78 Å². The van der Waals surface area contributed by atoms with Gasteiger partial charge in [0.05, 0.1) is 0 Å². The second-order valence-corrected chi connectivity index (χ2v) is 10.8. The summed E-state index contributed by atoms with van der Waals surface area (Å²) in [6.45, 7) is 5.33. The van der Waals surface area contributed by atoms with Crippen LogP contribution >= 0.6 is 11.3 Å². The molecule has 1 aromatic carbocycles. The van der Waals surface area contributed by atoms with Crippen LogP contribution in [0.25, 0.3) is 0 Å². The Labute approximate surface area is 221 Å². The summed E-state index contributed by atoms with van der Waals surface area (Å²) in [4.78, 5) is 55.4. The van der Waals surface area contributed by atoms with Crippen LogP contribution in [-0.4, -0.2) is 57.9 Å². The lowest BCUT2D eigenvalue weighted by Crippen LogP contribution is -2.42. The SMILES string of the molecule is CC(=O)OC(CC(C(C)C)N(C)C(=O)CC1CC1)c1nc(C(=O)NC(Cc2ccccc2)C(=O)O)cs1. The van der Waals surface area contributed by atoms with E-state index in [0.29, 0.717) is 23.8 Å². The van der Waals surface area contributed by atoms with Crippen molar-refractivity contribution < 1.29 is 29.0 Å². The van der Waals surface area contributed by atoms with E-state index >= 15 is 0 Å². The maximum atomic E-state index is 12.9. The fraction of sp³-hybridized carbons (Fsp3) is 0.519. The highest BCUT2D eigenvalue weighted by atomic mass is 32.1. The highest BCUT2D eigenvalue weighted by Crippen LogP contribution is 2.34. The molecular formula is C27H35N3O6S. The second kappa shape index (κ2) is 12.8. The first-order chi connectivity index (χ1) is 17.5. The van der Waals surface area contributed by atoms with E-state index < -0.39 is 30.0 Å². The molecule has 3 unspecified atom stereocenters. The fourth-order valence-corrected chi connectivity index (χ4v) is 5.06. The van der Waals surface area contributed by atoms with Crippen LogP contribution in [-0.2, 0) is 25.5 Å². The summed E-state index contributed by atoms with van der Waals surface area (Å²) in [7, 11) is 1.78. The summed E-state index contributed by atoms with van der Waals surface area (Å²) in [5.74, 6) is -1.63. The van der Waals surface area contributed by atoms with Crippen LogP contribution in [0.2, 0.25) is 0 Å². The average Bonchev–Trinajstić information content (AvgIpc) is 3.51. The van der Waals surface area contributed by atoms with Gasteiger partial charge in [0.1, 0.15) is 16.7 Å². The van der Waals surface area contributed by atoms with E-state index in [1.807, 2.05) is 19.9 Å². The molecule has 3 rings (SSSR count). The van der Waals surface area contributed by atoms with Crippen LogP contribution in [0.1, 0.15) is 73.6 Å². The van der Waals surface area contributed by atoms with Gasteiger partial charge >= 0.3 is 11.9 Å². The standard InChI is InChI=1S/C27H35N3O6S/c1-16(2)22(30(4)24(32)13-19-10-11-19)14-23(36-17(3)31)26-29-21(15-37-26)25(33)28-20(27(34)35)12-18-8-6-5-7-9-18/h5-9,15-16,19-20,22-23H,10-14H2,1-4H3,(H,28,33)(H,34,35). The van der Waals surface area contributed by atoms with Crippen molar-refractivity contribution in [3.8, 4) is 0 Å². The molecule has 2 amide bonds. The zero-order chi connectivity index (χ0) is 27.1. The molecule has 2 aromatic rings. The second-order valence-electron chi connectivity index (χ2n) is 9.92. The first-order valence-corrected chi connectivity index (χ1v) is 13.4. The monoisotopic (exact) mass is 529 g/mol. The summed E-state index contributed by atoms with van der Waals surface area (Å²) < 4.78 is 5.58. The summed E-state index contributed by atoms with van der Waals surface area (Å²) in [6.07, 6.45) is 2.41. The maximum Gasteiger partial charge on any atom is 0.326 e. The van der Waals surface area contributed by atoms with E-state index in [-0.39, 0.29) is 30.0 Å². The zero-order valence-corrected chi connectivity index (χ0v) is 22.5. The summed E-state index contributed by atoms with van der Waals surface area (Å²) >= 11 is 1.16. The number of rotatable bonds is 13. The number of aromatic nitrogens is 1. The third-order valence-electron chi connectivity index (χ3n) is 6.50. The van der Waals surface area contributed by atoms with Gasteiger partial charge in [-0.1, -0.05) is 44.2 Å². The van der Waals surface area contributed by atoms with Crippen LogP contribution in [0.15, 0.2) is 35.7 Å². The third kappa shape index (κ3) is 8.38. The molecule has 3 atom stereocenters. The van der Waals surface area contributed by atoms with Gasteiger partial charge in [0, 0.05) is 44.7 Å². The van der Waals surface area contributed by atoms with E-state index in [0.717, 1.165) is 29.7 Å². The van der Waals surface area contributed by atoms with Gasteiger partial charge in [-0.15, -0.1) is 11.3 Å². The molecule has 9 nitrogen and oxygen atoms in total. The highest BCUT2D eigenvalue weighted by Gasteiger charge is 2.33. The molecule has 0 saturated heterocycles. The lowest BCUT2D eigenvalue weighted by molar-refractivity contribution is -0.148. The van der Waals surface area contributed by atoms with Crippen molar-refractivity contribution >= 4 is 35.1 Å². The number of nitrogens with zero attached hydrogens (tertiary/aromatic N) is 2. The third-order valence-corrected chi connectivity index (χ3v) is 7.44. The number of thiazole rings is 1. The van der Waals surface area contributed by atoms with Crippen LogP contribution in [0.4, 0.5) is 0 Å². The molecule has 2 N–H and O–H groups in total. The molecule has 37 heavy (non-hydrogen) atoms. The van der Waals surface area contributed by atoms with E-state index in [4.69, 9.17) is 4.74 Å². The van der Waals surface area contributed by atoms with Crippen molar-refractivity contribution in [3.63, 3.8) is 0 Å². The van der Waals surface area contributed by atoms with Gasteiger partial charge in [-0.05, 0) is 30.2 Å². The number of amides is 2. The Balaban J connectivity index is 1.73. The predicted octanol–water partition coefficient (Wildman–Crippen LogP) is 3.85. The number of carboxylic acids is 1. The Hall–Kier alpha value is -3.27. The molecule has 1 aromatic heterocycles. The normalized spacial score (nSPS) is 15.5. The van der Waals surface area contributed by atoms with Crippen LogP contribution in [0, 0.1) is 11.8 Å². The minimum absolute atomic E-state index is 0.0516. The Bertz CT molecular complexity index is 1100. The van der Waals surface area contributed by atoms with E-state index in [2.05, 4.69) is 10.3 Å². The van der Waals surface area contributed by atoms with Crippen molar-refractivity contribution in [2.45, 2.75) is 71.1 Å². The average molecular weight is 530 g/mol. The number of carbonyl (C=O) groups is 4. The number of nitrogens with one attached hydrogen (secondary N) is 1. The van der Waals surface area contributed by atoms with Crippen molar-refractivity contribution in [2.75, 3.05) is 7.05 Å². The van der Waals surface area contributed by atoms with Gasteiger partial charge in [-0.2, -0.15) is 0 Å². The molecule has 10 heteroatoms. The highest BCUT2D eigenvalue weighted by molar-refractivity contribution is 7.09. The smallest absolute Gasteiger partial charge is 0.326 e. The van der Waals surface area contributed by atoms with Crippen molar-refractivity contribution in [3.05, 3.63) is 52.0 Å². The fourth-order valence-electron chi connectivity index (χ4n) is 4.22. The minimum atomic E-state index is -1.15. The molecule has 1 heterocycles. The predicted molar refractivity (Wildman–Crippen MR) is 139 cm³/mol.